The maximum Gasteiger partial charge on any atom is 0.217 e. The van der Waals surface area contributed by atoms with Crippen LogP contribution in [0, 0.1) is 5.92 Å². The summed E-state index contributed by atoms with van der Waals surface area (Å²) in [5.74, 6) is -0.608. The third-order valence-corrected chi connectivity index (χ3v) is 5.51. The fraction of sp³-hybridized carbons (Fsp3) is 0.938. The highest BCUT2D eigenvalue weighted by Crippen LogP contribution is 2.52. The lowest BCUT2D eigenvalue weighted by atomic mass is 9.58. The summed E-state index contributed by atoms with van der Waals surface area (Å²) in [5, 5.41) is 24.1. The van der Waals surface area contributed by atoms with Gasteiger partial charge in [0.15, 0.2) is 0 Å². The molecule has 1 aliphatic heterocycles. The van der Waals surface area contributed by atoms with Gasteiger partial charge >= 0.3 is 0 Å². The largest absolute Gasteiger partial charge is 0.393 e. The molecule has 0 bridgehead atoms. The van der Waals surface area contributed by atoms with Crippen molar-refractivity contribution in [3.05, 3.63) is 0 Å². The summed E-state index contributed by atoms with van der Waals surface area (Å²) in [6, 6.07) is 0. The van der Waals surface area contributed by atoms with E-state index < -0.39 is 22.3 Å². The highest BCUT2D eigenvalue weighted by atomic mass is 16.6. The molecule has 130 valence electrons. The summed E-state index contributed by atoms with van der Waals surface area (Å²) in [7, 11) is 1.54. The van der Waals surface area contributed by atoms with Crippen molar-refractivity contribution in [3.63, 3.8) is 0 Å². The molecular formula is C16H31NO5. The Kier molecular flexibility index (Phi) is 5.34. The molecule has 0 aromatic rings. The van der Waals surface area contributed by atoms with Crippen molar-refractivity contribution in [2.75, 3.05) is 20.3 Å². The predicted octanol–water partition coefficient (Wildman–Crippen LogP) is 0.845. The SMILES string of the molecule is CC[C@@H]1C(C)(CO)O[C@@](C)(COC)C(C)(NC(C)=O)[C@]1(C)O. The zero-order valence-electron chi connectivity index (χ0n) is 14.8. The van der Waals surface area contributed by atoms with Crippen LogP contribution < -0.4 is 5.32 Å². The third-order valence-electron chi connectivity index (χ3n) is 5.51. The summed E-state index contributed by atoms with van der Waals surface area (Å²) in [5.41, 5.74) is -4.29. The Hall–Kier alpha value is -0.690. The molecule has 6 heteroatoms. The Bertz CT molecular complexity index is 420. The van der Waals surface area contributed by atoms with Crippen molar-refractivity contribution >= 4 is 5.91 Å². The molecule has 1 amide bonds. The number of hydrogen-bond acceptors (Lipinski definition) is 5. The maximum atomic E-state index is 11.8. The van der Waals surface area contributed by atoms with Crippen LogP contribution in [0.2, 0.25) is 0 Å². The van der Waals surface area contributed by atoms with Crippen LogP contribution >= 0.6 is 0 Å². The predicted molar refractivity (Wildman–Crippen MR) is 83.5 cm³/mol. The van der Waals surface area contributed by atoms with E-state index in [1.165, 1.54) is 6.92 Å². The van der Waals surface area contributed by atoms with Crippen LogP contribution in [0.3, 0.4) is 0 Å². The quantitative estimate of drug-likeness (QED) is 0.699. The van der Waals surface area contributed by atoms with Gasteiger partial charge in [-0.15, -0.1) is 0 Å². The molecule has 0 aromatic heterocycles. The molecule has 22 heavy (non-hydrogen) atoms. The number of aliphatic hydroxyl groups excluding tert-OH is 1. The molecule has 6 nitrogen and oxygen atoms in total. The van der Waals surface area contributed by atoms with Crippen LogP contribution in [0.15, 0.2) is 0 Å². The molecule has 0 aromatic carbocycles. The van der Waals surface area contributed by atoms with Crippen LogP contribution in [-0.4, -0.2) is 58.8 Å². The number of carbonyl (C=O) groups excluding carboxylic acids is 1. The summed E-state index contributed by atoms with van der Waals surface area (Å²) < 4.78 is 11.5. The summed E-state index contributed by atoms with van der Waals surface area (Å²) >= 11 is 0. The first-order chi connectivity index (χ1) is 9.94. The van der Waals surface area contributed by atoms with Crippen LogP contribution in [0.25, 0.3) is 0 Å². The van der Waals surface area contributed by atoms with Crippen molar-refractivity contribution in [2.24, 2.45) is 5.92 Å². The van der Waals surface area contributed by atoms with Gasteiger partial charge in [0.2, 0.25) is 5.91 Å². The van der Waals surface area contributed by atoms with E-state index in [-0.39, 0.29) is 25.0 Å². The van der Waals surface area contributed by atoms with Gasteiger partial charge in [0, 0.05) is 20.0 Å². The van der Waals surface area contributed by atoms with Crippen LogP contribution in [-0.2, 0) is 14.3 Å². The van der Waals surface area contributed by atoms with Crippen LogP contribution in [0.4, 0.5) is 0 Å². The Morgan fingerprint density at radius 1 is 1.32 bits per heavy atom. The van der Waals surface area contributed by atoms with Gasteiger partial charge in [-0.3, -0.25) is 4.79 Å². The van der Waals surface area contributed by atoms with E-state index in [9.17, 15) is 15.0 Å². The molecule has 1 aliphatic rings. The molecule has 0 saturated carbocycles. The fourth-order valence-electron chi connectivity index (χ4n) is 4.20. The second-order valence-electron chi connectivity index (χ2n) is 7.15. The molecule has 0 aliphatic carbocycles. The standard InChI is InChI=1S/C16H31NO5/c1-8-12-13(3,9-18)22-14(4,10-21-7)16(6,15(12,5)20)17-11(2)19/h12,18,20H,8-10H2,1-7H3,(H,17,19)/t12-,13?,14+,15-,16?/m1/s1. The van der Waals surface area contributed by atoms with Gasteiger partial charge in [0.1, 0.15) is 5.60 Å². The Morgan fingerprint density at radius 3 is 2.23 bits per heavy atom. The summed E-state index contributed by atoms with van der Waals surface area (Å²) in [6.07, 6.45) is 0.600. The monoisotopic (exact) mass is 317 g/mol. The lowest BCUT2D eigenvalue weighted by Gasteiger charge is -2.65. The zero-order chi connectivity index (χ0) is 17.4. The van der Waals surface area contributed by atoms with E-state index in [2.05, 4.69) is 5.32 Å². The average molecular weight is 317 g/mol. The van der Waals surface area contributed by atoms with Gasteiger partial charge in [0.05, 0.1) is 30.0 Å². The van der Waals surface area contributed by atoms with Gasteiger partial charge in [-0.2, -0.15) is 0 Å². The molecule has 1 heterocycles. The van der Waals surface area contributed by atoms with Crippen molar-refractivity contribution in [1.82, 2.24) is 5.32 Å². The number of aliphatic hydroxyl groups is 2. The van der Waals surface area contributed by atoms with Gasteiger partial charge in [-0.05, 0) is 34.1 Å². The molecule has 0 spiro atoms. The van der Waals surface area contributed by atoms with E-state index in [0.717, 1.165) is 0 Å². The lowest BCUT2D eigenvalue weighted by Crippen LogP contribution is -2.83. The molecule has 5 atom stereocenters. The number of hydrogen-bond donors (Lipinski definition) is 3. The number of carbonyl (C=O) groups is 1. The van der Waals surface area contributed by atoms with E-state index in [1.807, 2.05) is 6.92 Å². The Labute approximate surface area is 133 Å². The lowest BCUT2D eigenvalue weighted by molar-refractivity contribution is -0.324. The number of rotatable bonds is 5. The van der Waals surface area contributed by atoms with Crippen molar-refractivity contribution in [1.29, 1.82) is 0 Å². The number of ether oxygens (including phenoxy) is 2. The van der Waals surface area contributed by atoms with Gasteiger partial charge in [-0.25, -0.2) is 0 Å². The topological polar surface area (TPSA) is 88.0 Å². The minimum Gasteiger partial charge on any atom is -0.393 e. The highest BCUT2D eigenvalue weighted by Gasteiger charge is 2.68. The molecular weight excluding hydrogens is 286 g/mol. The second kappa shape index (κ2) is 6.07. The van der Waals surface area contributed by atoms with Gasteiger partial charge in [0.25, 0.3) is 0 Å². The minimum absolute atomic E-state index is 0.173. The first kappa shape index (κ1) is 19.4. The normalized spacial score (nSPS) is 45.6. The van der Waals surface area contributed by atoms with E-state index >= 15 is 0 Å². The van der Waals surface area contributed by atoms with Crippen molar-refractivity contribution in [2.45, 2.75) is 70.3 Å². The Morgan fingerprint density at radius 2 is 1.86 bits per heavy atom. The van der Waals surface area contributed by atoms with Gasteiger partial charge < -0.3 is 25.0 Å². The minimum atomic E-state index is -1.30. The summed E-state index contributed by atoms with van der Waals surface area (Å²) in [6.45, 7) is 10.3. The molecule has 1 fully saturated rings. The third kappa shape index (κ3) is 2.66. The zero-order valence-corrected chi connectivity index (χ0v) is 14.8. The van der Waals surface area contributed by atoms with Crippen molar-refractivity contribution < 1.29 is 24.5 Å². The van der Waals surface area contributed by atoms with E-state index in [4.69, 9.17) is 9.47 Å². The van der Waals surface area contributed by atoms with Crippen LogP contribution in [0.5, 0.6) is 0 Å². The molecule has 0 radical (unpaired) electrons. The van der Waals surface area contributed by atoms with Crippen molar-refractivity contribution in [3.8, 4) is 0 Å². The highest BCUT2D eigenvalue weighted by molar-refractivity contribution is 5.74. The maximum absolute atomic E-state index is 11.8. The number of methoxy groups -OCH3 is 1. The average Bonchev–Trinajstić information content (AvgIpc) is 2.36. The van der Waals surface area contributed by atoms with E-state index in [1.54, 1.807) is 34.8 Å². The number of amides is 1. The van der Waals surface area contributed by atoms with Crippen LogP contribution in [0.1, 0.15) is 48.0 Å². The van der Waals surface area contributed by atoms with Gasteiger partial charge in [-0.1, -0.05) is 6.92 Å². The second-order valence-corrected chi connectivity index (χ2v) is 7.15. The first-order valence-corrected chi connectivity index (χ1v) is 7.75. The number of nitrogens with one attached hydrogen (secondary N) is 1. The smallest absolute Gasteiger partial charge is 0.217 e. The summed E-state index contributed by atoms with van der Waals surface area (Å²) in [4.78, 5) is 11.8. The Balaban J connectivity index is 3.52. The molecule has 1 rings (SSSR count). The van der Waals surface area contributed by atoms with E-state index in [0.29, 0.717) is 6.42 Å². The fourth-order valence-corrected chi connectivity index (χ4v) is 4.20. The molecule has 3 N–H and O–H groups in total. The molecule has 1 saturated heterocycles. The first-order valence-electron chi connectivity index (χ1n) is 7.75. The molecule has 2 unspecified atom stereocenters.